The number of aromatic nitrogens is 3. The molecule has 1 unspecified atom stereocenters. The van der Waals surface area contributed by atoms with Crippen LogP contribution in [0.15, 0.2) is 95.3 Å². The largest absolute Gasteiger partial charge is 0.457 e. The first kappa shape index (κ1) is 24.8. The number of anilines is 1. The summed E-state index contributed by atoms with van der Waals surface area (Å²) in [6.45, 7) is 4.12. The molecule has 0 amide bonds. The van der Waals surface area contributed by atoms with Gasteiger partial charge in [0.05, 0.1) is 5.57 Å². The molecule has 4 aromatic rings. The molecule has 8 heteroatoms. The average molecular weight is 515 g/mol. The number of halogens is 1. The number of rotatable bonds is 8. The van der Waals surface area contributed by atoms with E-state index in [0.717, 1.165) is 17.5 Å². The third-order valence-electron chi connectivity index (χ3n) is 6.28. The van der Waals surface area contributed by atoms with Crippen molar-refractivity contribution in [2.75, 3.05) is 5.32 Å². The van der Waals surface area contributed by atoms with Crippen LogP contribution in [0, 0.1) is 5.82 Å². The van der Waals surface area contributed by atoms with Crippen LogP contribution in [-0.2, 0) is 28.3 Å². The van der Waals surface area contributed by atoms with Crippen LogP contribution >= 0.6 is 11.8 Å². The Balaban J connectivity index is 1.45. The fraction of sp³-hybridized carbons (Fsp3) is 0.207. The van der Waals surface area contributed by atoms with Crippen molar-refractivity contribution < 1.29 is 13.9 Å². The van der Waals surface area contributed by atoms with Crippen molar-refractivity contribution in [3.05, 3.63) is 118 Å². The molecule has 1 aliphatic heterocycles. The van der Waals surface area contributed by atoms with Crippen LogP contribution in [0.25, 0.3) is 0 Å². The van der Waals surface area contributed by atoms with Crippen molar-refractivity contribution in [2.45, 2.75) is 43.8 Å². The van der Waals surface area contributed by atoms with E-state index >= 15 is 0 Å². The second-order valence-corrected chi connectivity index (χ2v) is 9.71. The maximum absolute atomic E-state index is 14.1. The van der Waals surface area contributed by atoms with E-state index in [1.165, 1.54) is 23.4 Å². The van der Waals surface area contributed by atoms with Gasteiger partial charge in [-0.05, 0) is 41.7 Å². The minimum absolute atomic E-state index is 0.173. The van der Waals surface area contributed by atoms with Gasteiger partial charge in [-0.2, -0.15) is 4.98 Å². The Morgan fingerprint density at radius 2 is 1.76 bits per heavy atom. The standard InChI is InChI=1S/C29H27FN4O2S/c1-3-20-13-15-22(16-14-20)26-25(27(35)36-17-21-9-5-4-6-10-21)19(2)31-28-32-29(33-34(26)28)37-18-23-11-7-8-12-24(23)30/h4-16,26H,3,17-18H2,1-2H3,(H,31,32,33). The molecule has 3 aromatic carbocycles. The second kappa shape index (κ2) is 11.0. The number of aryl methyl sites for hydroxylation is 1. The fourth-order valence-corrected chi connectivity index (χ4v) is 5.07. The van der Waals surface area contributed by atoms with Gasteiger partial charge in [0.2, 0.25) is 11.1 Å². The number of carbonyl (C=O) groups is 1. The molecule has 1 aromatic heterocycles. The van der Waals surface area contributed by atoms with Gasteiger partial charge in [0.15, 0.2) is 0 Å². The summed E-state index contributed by atoms with van der Waals surface area (Å²) in [6.07, 6.45) is 0.915. The molecule has 0 saturated heterocycles. The second-order valence-electron chi connectivity index (χ2n) is 8.77. The number of benzene rings is 3. The van der Waals surface area contributed by atoms with E-state index < -0.39 is 12.0 Å². The summed E-state index contributed by atoms with van der Waals surface area (Å²) in [5.74, 6) is 0.245. The van der Waals surface area contributed by atoms with Crippen molar-refractivity contribution in [3.8, 4) is 0 Å². The molecular formula is C29H27FN4O2S. The Labute approximate surface area is 219 Å². The molecule has 0 bridgehead atoms. The van der Waals surface area contributed by atoms with Gasteiger partial charge in [-0.25, -0.2) is 13.9 Å². The summed E-state index contributed by atoms with van der Waals surface area (Å²) < 4.78 is 21.6. The third kappa shape index (κ3) is 5.44. The number of hydrogen-bond acceptors (Lipinski definition) is 6. The van der Waals surface area contributed by atoms with Crippen LogP contribution in [0.5, 0.6) is 0 Å². The van der Waals surface area contributed by atoms with Crippen LogP contribution in [0.3, 0.4) is 0 Å². The van der Waals surface area contributed by atoms with Crippen molar-refractivity contribution in [2.24, 2.45) is 0 Å². The zero-order valence-corrected chi connectivity index (χ0v) is 21.5. The summed E-state index contributed by atoms with van der Waals surface area (Å²) in [7, 11) is 0. The van der Waals surface area contributed by atoms with Crippen LogP contribution in [0.4, 0.5) is 10.3 Å². The zero-order valence-electron chi connectivity index (χ0n) is 20.6. The van der Waals surface area contributed by atoms with E-state index in [9.17, 15) is 9.18 Å². The fourth-order valence-electron chi connectivity index (χ4n) is 4.26. The lowest BCUT2D eigenvalue weighted by molar-refractivity contribution is -0.140. The topological polar surface area (TPSA) is 69.0 Å². The highest BCUT2D eigenvalue weighted by Gasteiger charge is 2.35. The van der Waals surface area contributed by atoms with Gasteiger partial charge in [-0.1, -0.05) is 91.5 Å². The number of hydrogen-bond donors (Lipinski definition) is 1. The molecule has 1 atom stereocenters. The summed E-state index contributed by atoms with van der Waals surface area (Å²) in [5, 5.41) is 8.44. The average Bonchev–Trinajstić information content (AvgIpc) is 3.33. The zero-order chi connectivity index (χ0) is 25.8. The molecule has 5 rings (SSSR count). The number of ether oxygens (including phenoxy) is 1. The quantitative estimate of drug-likeness (QED) is 0.220. The minimum Gasteiger partial charge on any atom is -0.457 e. The van der Waals surface area contributed by atoms with E-state index in [-0.39, 0.29) is 12.4 Å². The van der Waals surface area contributed by atoms with E-state index in [0.29, 0.717) is 33.7 Å². The molecule has 6 nitrogen and oxygen atoms in total. The lowest BCUT2D eigenvalue weighted by atomic mass is 9.95. The monoisotopic (exact) mass is 514 g/mol. The number of carbonyl (C=O) groups excluding carboxylic acids is 1. The van der Waals surface area contributed by atoms with Crippen LogP contribution in [0.1, 0.15) is 42.1 Å². The molecule has 2 heterocycles. The molecule has 1 aliphatic rings. The van der Waals surface area contributed by atoms with Crippen molar-refractivity contribution >= 4 is 23.7 Å². The Kier molecular flexibility index (Phi) is 7.37. The minimum atomic E-state index is -0.513. The number of fused-ring (bicyclic) bond motifs is 1. The molecule has 0 radical (unpaired) electrons. The molecule has 37 heavy (non-hydrogen) atoms. The lowest BCUT2D eigenvalue weighted by Gasteiger charge is -2.28. The number of thioether (sulfide) groups is 1. The first-order chi connectivity index (χ1) is 18.0. The highest BCUT2D eigenvalue weighted by molar-refractivity contribution is 7.98. The van der Waals surface area contributed by atoms with Crippen LogP contribution < -0.4 is 5.32 Å². The predicted molar refractivity (Wildman–Crippen MR) is 143 cm³/mol. The predicted octanol–water partition coefficient (Wildman–Crippen LogP) is 6.30. The molecule has 0 aliphatic carbocycles. The Hall–Kier alpha value is -3.91. The van der Waals surface area contributed by atoms with Gasteiger partial charge >= 0.3 is 5.97 Å². The maximum Gasteiger partial charge on any atom is 0.338 e. The summed E-state index contributed by atoms with van der Waals surface area (Å²) in [4.78, 5) is 18.1. The highest BCUT2D eigenvalue weighted by atomic mass is 32.2. The summed E-state index contributed by atoms with van der Waals surface area (Å²) >= 11 is 1.35. The van der Waals surface area contributed by atoms with Gasteiger partial charge < -0.3 is 10.1 Å². The number of nitrogens with one attached hydrogen (secondary N) is 1. The molecule has 1 N–H and O–H groups in total. The smallest absolute Gasteiger partial charge is 0.338 e. The molecule has 0 saturated carbocycles. The lowest BCUT2D eigenvalue weighted by Crippen LogP contribution is -2.29. The molecule has 188 valence electrons. The third-order valence-corrected chi connectivity index (χ3v) is 7.17. The van der Waals surface area contributed by atoms with Gasteiger partial charge in [0.1, 0.15) is 18.5 Å². The number of esters is 1. The molecule has 0 fully saturated rings. The van der Waals surface area contributed by atoms with Crippen LogP contribution in [0.2, 0.25) is 0 Å². The van der Waals surface area contributed by atoms with Crippen molar-refractivity contribution in [1.29, 1.82) is 0 Å². The highest BCUT2D eigenvalue weighted by Crippen LogP contribution is 2.37. The Morgan fingerprint density at radius 1 is 1.03 bits per heavy atom. The first-order valence-electron chi connectivity index (χ1n) is 12.1. The maximum atomic E-state index is 14.1. The van der Waals surface area contributed by atoms with E-state index in [1.54, 1.807) is 16.8 Å². The van der Waals surface area contributed by atoms with Crippen molar-refractivity contribution in [1.82, 2.24) is 14.8 Å². The summed E-state index contributed by atoms with van der Waals surface area (Å²) in [6, 6.07) is 23.9. The van der Waals surface area contributed by atoms with Crippen molar-refractivity contribution in [3.63, 3.8) is 0 Å². The van der Waals surface area contributed by atoms with Gasteiger partial charge in [0, 0.05) is 11.4 Å². The normalized spacial score (nSPS) is 14.7. The molecule has 0 spiro atoms. The van der Waals surface area contributed by atoms with Crippen LogP contribution in [-0.4, -0.2) is 20.7 Å². The van der Waals surface area contributed by atoms with Gasteiger partial charge in [0.25, 0.3) is 0 Å². The number of nitrogens with zero attached hydrogens (tertiary/aromatic N) is 3. The Morgan fingerprint density at radius 3 is 2.49 bits per heavy atom. The van der Waals surface area contributed by atoms with E-state index in [1.807, 2.05) is 55.5 Å². The van der Waals surface area contributed by atoms with E-state index in [2.05, 4.69) is 29.4 Å². The molecular weight excluding hydrogens is 487 g/mol. The SMILES string of the molecule is CCc1ccc(C2C(C(=O)OCc3ccccc3)=C(C)Nc3nc(SCc4ccccc4F)nn32)cc1. The van der Waals surface area contributed by atoms with E-state index in [4.69, 9.17) is 9.84 Å². The van der Waals surface area contributed by atoms with Gasteiger partial charge in [-0.15, -0.1) is 5.10 Å². The first-order valence-corrected chi connectivity index (χ1v) is 13.1. The summed E-state index contributed by atoms with van der Waals surface area (Å²) in [5.41, 5.74) is 4.74. The van der Waals surface area contributed by atoms with Gasteiger partial charge in [-0.3, -0.25) is 0 Å². The number of allylic oxidation sites excluding steroid dienone is 1. The Bertz CT molecular complexity index is 1430.